The Balaban J connectivity index is 1.53. The zero-order valence-corrected chi connectivity index (χ0v) is 16.4. The number of methoxy groups -OCH3 is 2. The number of imide groups is 1. The fourth-order valence-corrected chi connectivity index (χ4v) is 3.65. The van der Waals surface area contributed by atoms with Crippen molar-refractivity contribution in [3.05, 3.63) is 23.8 Å². The first-order valence-electron chi connectivity index (χ1n) is 9.64. The highest BCUT2D eigenvalue weighted by Crippen LogP contribution is 2.28. The highest BCUT2D eigenvalue weighted by molar-refractivity contribution is 6.04. The molecule has 1 N–H and O–H groups in total. The lowest BCUT2D eigenvalue weighted by molar-refractivity contribution is -0.131. The van der Waals surface area contributed by atoms with E-state index in [4.69, 9.17) is 9.47 Å². The minimum absolute atomic E-state index is 0.0586. The minimum Gasteiger partial charge on any atom is -0.493 e. The number of hydrogen-bond donors (Lipinski definition) is 1. The van der Waals surface area contributed by atoms with E-state index in [9.17, 15) is 14.4 Å². The van der Waals surface area contributed by atoms with Gasteiger partial charge in [0.05, 0.1) is 14.2 Å². The fourth-order valence-electron chi connectivity index (χ4n) is 3.65. The summed E-state index contributed by atoms with van der Waals surface area (Å²) in [5.41, 5.74) is 0.936. The molecule has 2 fully saturated rings. The van der Waals surface area contributed by atoms with Crippen molar-refractivity contribution in [2.75, 3.05) is 33.9 Å². The van der Waals surface area contributed by atoms with Crippen molar-refractivity contribution in [3.63, 3.8) is 0 Å². The number of carbonyl (C=O) groups is 3. The molecule has 1 atom stereocenters. The summed E-state index contributed by atoms with van der Waals surface area (Å²) in [7, 11) is 3.13. The Hall–Kier alpha value is -2.77. The summed E-state index contributed by atoms with van der Waals surface area (Å²) in [4.78, 5) is 40.0. The van der Waals surface area contributed by atoms with E-state index in [0.29, 0.717) is 24.3 Å². The molecule has 1 aromatic rings. The lowest BCUT2D eigenvalue weighted by Crippen LogP contribution is -2.34. The van der Waals surface area contributed by atoms with E-state index in [1.807, 2.05) is 17.0 Å². The molecule has 0 radical (unpaired) electrons. The summed E-state index contributed by atoms with van der Waals surface area (Å²) >= 11 is 0. The van der Waals surface area contributed by atoms with Crippen molar-refractivity contribution < 1.29 is 23.9 Å². The molecule has 2 aliphatic heterocycles. The second-order valence-electron chi connectivity index (χ2n) is 7.06. The Kier molecular flexibility index (Phi) is 6.38. The third kappa shape index (κ3) is 4.37. The van der Waals surface area contributed by atoms with Crippen LogP contribution in [0.1, 0.15) is 31.2 Å². The predicted molar refractivity (Wildman–Crippen MR) is 102 cm³/mol. The number of nitrogens with zero attached hydrogens (tertiary/aromatic N) is 2. The van der Waals surface area contributed by atoms with Crippen LogP contribution in [-0.4, -0.2) is 67.5 Å². The number of carbonyl (C=O) groups excluding carboxylic acids is 3. The molecule has 2 heterocycles. The molecule has 8 heteroatoms. The van der Waals surface area contributed by atoms with Gasteiger partial charge in [0.1, 0.15) is 6.04 Å². The molecule has 0 bridgehead atoms. The van der Waals surface area contributed by atoms with Gasteiger partial charge in [-0.05, 0) is 43.4 Å². The van der Waals surface area contributed by atoms with Gasteiger partial charge < -0.3 is 19.7 Å². The topological polar surface area (TPSA) is 88.2 Å². The van der Waals surface area contributed by atoms with Crippen LogP contribution in [0.4, 0.5) is 4.79 Å². The summed E-state index contributed by atoms with van der Waals surface area (Å²) in [6.45, 7) is 1.86. The van der Waals surface area contributed by atoms with Crippen molar-refractivity contribution in [1.29, 1.82) is 0 Å². The minimum atomic E-state index is -0.621. The molecule has 3 rings (SSSR count). The molecule has 0 unspecified atom stereocenters. The molecule has 8 nitrogen and oxygen atoms in total. The molecule has 152 valence electrons. The Labute approximate surface area is 164 Å². The molecule has 4 amide bonds. The van der Waals surface area contributed by atoms with Gasteiger partial charge in [-0.1, -0.05) is 6.07 Å². The molecule has 0 aromatic heterocycles. The molecule has 2 aliphatic rings. The average Bonchev–Trinajstić information content (AvgIpc) is 3.33. The lowest BCUT2D eigenvalue weighted by atomic mass is 10.1. The van der Waals surface area contributed by atoms with Gasteiger partial charge in [0.25, 0.3) is 5.91 Å². The van der Waals surface area contributed by atoms with Crippen molar-refractivity contribution in [1.82, 2.24) is 15.1 Å². The van der Waals surface area contributed by atoms with Gasteiger partial charge in [-0.15, -0.1) is 0 Å². The number of amides is 4. The van der Waals surface area contributed by atoms with E-state index in [2.05, 4.69) is 5.32 Å². The van der Waals surface area contributed by atoms with Crippen molar-refractivity contribution in [3.8, 4) is 11.5 Å². The average molecular weight is 389 g/mol. The van der Waals surface area contributed by atoms with E-state index < -0.39 is 12.1 Å². The Morgan fingerprint density at radius 3 is 2.54 bits per heavy atom. The normalized spacial score (nSPS) is 19.1. The first-order chi connectivity index (χ1) is 13.5. The van der Waals surface area contributed by atoms with Crippen LogP contribution in [0.2, 0.25) is 0 Å². The van der Waals surface area contributed by atoms with Crippen LogP contribution in [-0.2, 0) is 16.0 Å². The summed E-state index contributed by atoms with van der Waals surface area (Å²) in [6, 6.07) is 4.50. The van der Waals surface area contributed by atoms with Gasteiger partial charge in [-0.2, -0.15) is 0 Å². The first kappa shape index (κ1) is 20.0. The molecule has 2 saturated heterocycles. The molecule has 28 heavy (non-hydrogen) atoms. The van der Waals surface area contributed by atoms with E-state index in [1.54, 1.807) is 20.3 Å². The molecule has 1 aromatic carbocycles. The SMILES string of the molecule is COc1ccc(CCN2C(=O)N[C@H](CCC(=O)N3CCCC3)C2=O)cc1OC. The van der Waals surface area contributed by atoms with Crippen LogP contribution in [0, 0.1) is 0 Å². The largest absolute Gasteiger partial charge is 0.493 e. The van der Waals surface area contributed by atoms with Crippen LogP contribution in [0.3, 0.4) is 0 Å². The molecule has 0 aliphatic carbocycles. The number of hydrogen-bond acceptors (Lipinski definition) is 5. The van der Waals surface area contributed by atoms with E-state index in [1.165, 1.54) is 4.90 Å². The highest BCUT2D eigenvalue weighted by Gasteiger charge is 2.37. The zero-order chi connectivity index (χ0) is 20.1. The Morgan fingerprint density at radius 2 is 1.86 bits per heavy atom. The van der Waals surface area contributed by atoms with Gasteiger partial charge >= 0.3 is 6.03 Å². The summed E-state index contributed by atoms with van der Waals surface area (Å²) in [5.74, 6) is 1.03. The van der Waals surface area contributed by atoms with E-state index >= 15 is 0 Å². The quantitative estimate of drug-likeness (QED) is 0.682. The second-order valence-corrected chi connectivity index (χ2v) is 7.06. The maximum atomic E-state index is 12.6. The van der Waals surface area contributed by atoms with Crippen molar-refractivity contribution >= 4 is 17.8 Å². The van der Waals surface area contributed by atoms with Crippen LogP contribution in [0.5, 0.6) is 11.5 Å². The van der Waals surface area contributed by atoms with Crippen LogP contribution >= 0.6 is 0 Å². The molecular weight excluding hydrogens is 362 g/mol. The van der Waals surface area contributed by atoms with Crippen molar-refractivity contribution in [2.24, 2.45) is 0 Å². The molecular formula is C20H27N3O5. The van der Waals surface area contributed by atoms with Crippen molar-refractivity contribution in [2.45, 2.75) is 38.1 Å². The summed E-state index contributed by atoms with van der Waals surface area (Å²) < 4.78 is 10.5. The number of rotatable bonds is 8. The zero-order valence-electron chi connectivity index (χ0n) is 16.4. The maximum absolute atomic E-state index is 12.6. The molecule has 0 saturated carbocycles. The maximum Gasteiger partial charge on any atom is 0.324 e. The Morgan fingerprint density at radius 1 is 1.14 bits per heavy atom. The molecule has 0 spiro atoms. The van der Waals surface area contributed by atoms with Gasteiger partial charge in [0, 0.05) is 26.1 Å². The van der Waals surface area contributed by atoms with Gasteiger partial charge in [-0.3, -0.25) is 14.5 Å². The third-order valence-corrected chi connectivity index (χ3v) is 5.28. The van der Waals surface area contributed by atoms with Crippen LogP contribution in [0.15, 0.2) is 18.2 Å². The van der Waals surface area contributed by atoms with E-state index in [-0.39, 0.29) is 24.8 Å². The van der Waals surface area contributed by atoms with Crippen LogP contribution < -0.4 is 14.8 Å². The Bertz CT molecular complexity index is 745. The monoisotopic (exact) mass is 389 g/mol. The second kappa shape index (κ2) is 8.95. The van der Waals surface area contributed by atoms with E-state index in [0.717, 1.165) is 31.5 Å². The number of ether oxygens (including phenoxy) is 2. The number of benzene rings is 1. The number of nitrogens with one attached hydrogen (secondary N) is 1. The summed E-state index contributed by atoms with van der Waals surface area (Å²) in [5, 5.41) is 2.70. The fraction of sp³-hybridized carbons (Fsp3) is 0.550. The highest BCUT2D eigenvalue weighted by atomic mass is 16.5. The number of likely N-dealkylation sites (tertiary alicyclic amines) is 1. The predicted octanol–water partition coefficient (Wildman–Crippen LogP) is 1.57. The lowest BCUT2D eigenvalue weighted by Gasteiger charge is -2.16. The third-order valence-electron chi connectivity index (χ3n) is 5.28. The first-order valence-corrected chi connectivity index (χ1v) is 9.64. The standard InChI is InChI=1S/C20H27N3O5/c1-27-16-7-5-14(13-17(16)28-2)9-12-23-19(25)15(21-20(23)26)6-8-18(24)22-10-3-4-11-22/h5,7,13,15H,3-4,6,8-12H2,1-2H3,(H,21,26)/t15-/m1/s1. The summed E-state index contributed by atoms with van der Waals surface area (Å²) in [6.07, 6.45) is 3.20. The smallest absolute Gasteiger partial charge is 0.324 e. The van der Waals surface area contributed by atoms with Gasteiger partial charge in [-0.25, -0.2) is 4.79 Å². The van der Waals surface area contributed by atoms with Crippen LogP contribution in [0.25, 0.3) is 0 Å². The number of urea groups is 1. The van der Waals surface area contributed by atoms with Gasteiger partial charge in [0.15, 0.2) is 11.5 Å². The van der Waals surface area contributed by atoms with Gasteiger partial charge in [0.2, 0.25) is 5.91 Å².